The van der Waals surface area contributed by atoms with Crippen molar-refractivity contribution in [2.75, 3.05) is 12.4 Å². The van der Waals surface area contributed by atoms with E-state index >= 15 is 0 Å². The quantitative estimate of drug-likeness (QED) is 0.692. The number of aryl methyl sites for hydroxylation is 1. The third kappa shape index (κ3) is 3.82. The molecule has 2 aromatic carbocycles. The Morgan fingerprint density at radius 3 is 2.41 bits per heavy atom. The molecule has 2 rings (SSSR count). The average molecular weight is 299 g/mol. The van der Waals surface area contributed by atoms with Gasteiger partial charge in [-0.2, -0.15) is 0 Å². The molecule has 114 valence electrons. The van der Waals surface area contributed by atoms with E-state index in [1.807, 2.05) is 31.2 Å². The van der Waals surface area contributed by atoms with Gasteiger partial charge in [-0.15, -0.1) is 0 Å². The number of nitrogens with zero attached hydrogens (tertiary/aromatic N) is 2. The van der Waals surface area contributed by atoms with E-state index < -0.39 is 4.92 Å². The molecule has 22 heavy (non-hydrogen) atoms. The van der Waals surface area contributed by atoms with Gasteiger partial charge < -0.3 is 10.2 Å². The lowest BCUT2D eigenvalue weighted by Gasteiger charge is -2.19. The molecule has 2 aromatic rings. The Morgan fingerprint density at radius 2 is 1.82 bits per heavy atom. The van der Waals surface area contributed by atoms with E-state index in [9.17, 15) is 14.9 Å². The highest BCUT2D eigenvalue weighted by molar-refractivity contribution is 5.89. The van der Waals surface area contributed by atoms with Crippen LogP contribution in [0.5, 0.6) is 0 Å². The minimum Gasteiger partial charge on any atom is -0.323 e. The fourth-order valence-electron chi connectivity index (χ4n) is 2.00. The van der Waals surface area contributed by atoms with Crippen LogP contribution in [0.25, 0.3) is 0 Å². The maximum atomic E-state index is 12.1. The second-order valence-electron chi connectivity index (χ2n) is 5.02. The van der Waals surface area contributed by atoms with Crippen molar-refractivity contribution in [1.29, 1.82) is 0 Å². The number of hydrogen-bond acceptors (Lipinski definition) is 3. The first-order chi connectivity index (χ1) is 10.5. The molecular weight excluding hydrogens is 282 g/mol. The van der Waals surface area contributed by atoms with Crippen molar-refractivity contribution in [3.8, 4) is 0 Å². The maximum absolute atomic E-state index is 12.1. The Bertz CT molecular complexity index is 683. The lowest BCUT2D eigenvalue weighted by molar-refractivity contribution is -0.384. The van der Waals surface area contributed by atoms with Crippen molar-refractivity contribution >= 4 is 17.4 Å². The molecule has 2 amide bonds. The molecule has 0 atom stereocenters. The number of amides is 2. The van der Waals surface area contributed by atoms with Crippen molar-refractivity contribution in [3.05, 3.63) is 69.8 Å². The van der Waals surface area contributed by atoms with Crippen molar-refractivity contribution in [3.63, 3.8) is 0 Å². The van der Waals surface area contributed by atoms with E-state index in [2.05, 4.69) is 5.32 Å². The smallest absolute Gasteiger partial charge is 0.321 e. The fourth-order valence-corrected chi connectivity index (χ4v) is 2.00. The molecular formula is C16H17N3O3. The van der Waals surface area contributed by atoms with Gasteiger partial charge in [-0.05, 0) is 30.2 Å². The van der Waals surface area contributed by atoms with Crippen LogP contribution >= 0.6 is 0 Å². The molecule has 0 radical (unpaired) electrons. The standard InChI is InChI=1S/C16H17N3O3/c1-12-5-3-4-6-13(12)11-18(2)16(20)17-14-7-9-15(10-8-14)19(21)22/h3-10H,11H2,1-2H3,(H,17,20). The van der Waals surface area contributed by atoms with Gasteiger partial charge in [0.15, 0.2) is 0 Å². The number of carbonyl (C=O) groups is 1. The molecule has 0 bridgehead atoms. The first kappa shape index (κ1) is 15.5. The molecule has 0 aliphatic carbocycles. The van der Waals surface area contributed by atoms with Crippen LogP contribution in [0, 0.1) is 17.0 Å². The molecule has 0 aliphatic rings. The van der Waals surface area contributed by atoms with Crippen LogP contribution in [0.15, 0.2) is 48.5 Å². The second kappa shape index (κ2) is 6.71. The normalized spacial score (nSPS) is 10.1. The summed E-state index contributed by atoms with van der Waals surface area (Å²) in [6.07, 6.45) is 0. The molecule has 0 saturated carbocycles. The number of carbonyl (C=O) groups excluding carboxylic acids is 1. The Labute approximate surface area is 128 Å². The Morgan fingerprint density at radius 1 is 1.18 bits per heavy atom. The zero-order chi connectivity index (χ0) is 16.1. The number of nitro benzene ring substituents is 1. The van der Waals surface area contributed by atoms with Crippen molar-refractivity contribution in [1.82, 2.24) is 4.90 Å². The number of nitrogens with one attached hydrogen (secondary N) is 1. The summed E-state index contributed by atoms with van der Waals surface area (Å²) >= 11 is 0. The molecule has 1 N–H and O–H groups in total. The molecule has 0 unspecified atom stereocenters. The summed E-state index contributed by atoms with van der Waals surface area (Å²) in [5, 5.41) is 13.3. The van der Waals surface area contributed by atoms with Gasteiger partial charge in [-0.1, -0.05) is 24.3 Å². The summed E-state index contributed by atoms with van der Waals surface area (Å²) in [6, 6.07) is 13.3. The monoisotopic (exact) mass is 299 g/mol. The largest absolute Gasteiger partial charge is 0.323 e. The minimum atomic E-state index is -0.476. The predicted molar refractivity (Wildman–Crippen MR) is 84.8 cm³/mol. The van der Waals surface area contributed by atoms with Crippen molar-refractivity contribution in [2.24, 2.45) is 0 Å². The minimum absolute atomic E-state index is 0.00809. The first-order valence-corrected chi connectivity index (χ1v) is 6.78. The summed E-state index contributed by atoms with van der Waals surface area (Å²) in [7, 11) is 1.70. The van der Waals surface area contributed by atoms with Gasteiger partial charge in [0.1, 0.15) is 0 Å². The number of benzene rings is 2. The van der Waals surface area contributed by atoms with E-state index in [0.29, 0.717) is 12.2 Å². The van der Waals surface area contributed by atoms with Gasteiger partial charge in [0.2, 0.25) is 0 Å². The van der Waals surface area contributed by atoms with Gasteiger partial charge in [-0.25, -0.2) is 4.79 Å². The third-order valence-corrected chi connectivity index (χ3v) is 3.34. The number of hydrogen-bond donors (Lipinski definition) is 1. The second-order valence-corrected chi connectivity index (χ2v) is 5.02. The van der Waals surface area contributed by atoms with Gasteiger partial charge in [0, 0.05) is 31.4 Å². The van der Waals surface area contributed by atoms with Crippen LogP contribution in [0.1, 0.15) is 11.1 Å². The lowest BCUT2D eigenvalue weighted by atomic mass is 10.1. The summed E-state index contributed by atoms with van der Waals surface area (Å²) < 4.78 is 0. The highest BCUT2D eigenvalue weighted by atomic mass is 16.6. The van der Waals surface area contributed by atoms with Crippen molar-refractivity contribution < 1.29 is 9.72 Å². The number of nitro groups is 1. The predicted octanol–water partition coefficient (Wildman–Crippen LogP) is 3.57. The molecule has 0 heterocycles. The highest BCUT2D eigenvalue weighted by Gasteiger charge is 2.11. The molecule has 0 aliphatic heterocycles. The van der Waals surface area contributed by atoms with Gasteiger partial charge in [-0.3, -0.25) is 10.1 Å². The maximum Gasteiger partial charge on any atom is 0.321 e. The fraction of sp³-hybridized carbons (Fsp3) is 0.188. The van der Waals surface area contributed by atoms with E-state index in [1.165, 1.54) is 24.3 Å². The zero-order valence-electron chi connectivity index (χ0n) is 12.4. The number of anilines is 1. The van der Waals surface area contributed by atoms with Gasteiger partial charge >= 0.3 is 6.03 Å². The lowest BCUT2D eigenvalue weighted by Crippen LogP contribution is -2.31. The first-order valence-electron chi connectivity index (χ1n) is 6.78. The Hall–Kier alpha value is -2.89. The topological polar surface area (TPSA) is 75.5 Å². The Kier molecular flexibility index (Phi) is 4.73. The third-order valence-electron chi connectivity index (χ3n) is 3.34. The number of rotatable bonds is 4. The molecule has 6 heteroatoms. The van der Waals surface area contributed by atoms with Crippen LogP contribution in [-0.4, -0.2) is 22.9 Å². The van der Waals surface area contributed by atoms with Gasteiger partial charge in [0.05, 0.1) is 4.92 Å². The van der Waals surface area contributed by atoms with Crippen LogP contribution in [-0.2, 0) is 6.54 Å². The average Bonchev–Trinajstić information content (AvgIpc) is 2.50. The zero-order valence-corrected chi connectivity index (χ0v) is 12.4. The van der Waals surface area contributed by atoms with Crippen LogP contribution in [0.3, 0.4) is 0 Å². The van der Waals surface area contributed by atoms with E-state index in [1.54, 1.807) is 11.9 Å². The highest BCUT2D eigenvalue weighted by Crippen LogP contribution is 2.16. The van der Waals surface area contributed by atoms with E-state index in [-0.39, 0.29) is 11.7 Å². The summed E-state index contributed by atoms with van der Waals surface area (Å²) in [4.78, 5) is 23.8. The SMILES string of the molecule is Cc1ccccc1CN(C)C(=O)Nc1ccc([N+](=O)[O-])cc1. The Balaban J connectivity index is 1.99. The van der Waals surface area contributed by atoms with Crippen LogP contribution in [0.4, 0.5) is 16.2 Å². The van der Waals surface area contributed by atoms with Crippen LogP contribution in [0.2, 0.25) is 0 Å². The van der Waals surface area contributed by atoms with E-state index in [4.69, 9.17) is 0 Å². The summed E-state index contributed by atoms with van der Waals surface area (Å²) in [5.74, 6) is 0. The summed E-state index contributed by atoms with van der Waals surface area (Å²) in [5.41, 5.74) is 2.71. The van der Waals surface area contributed by atoms with E-state index in [0.717, 1.165) is 11.1 Å². The van der Waals surface area contributed by atoms with Crippen LogP contribution < -0.4 is 5.32 Å². The number of non-ortho nitro benzene ring substituents is 1. The molecule has 0 saturated heterocycles. The van der Waals surface area contributed by atoms with Gasteiger partial charge in [0.25, 0.3) is 5.69 Å². The molecule has 0 fully saturated rings. The molecule has 6 nitrogen and oxygen atoms in total. The van der Waals surface area contributed by atoms with Crippen molar-refractivity contribution in [2.45, 2.75) is 13.5 Å². The summed E-state index contributed by atoms with van der Waals surface area (Å²) in [6.45, 7) is 2.49. The number of urea groups is 1. The molecule has 0 spiro atoms. The molecule has 0 aromatic heterocycles.